The monoisotopic (exact) mass is 527 g/mol. The van der Waals surface area contributed by atoms with Gasteiger partial charge in [-0.25, -0.2) is 4.79 Å². The molecule has 1 aliphatic rings. The molecule has 1 saturated heterocycles. The summed E-state index contributed by atoms with van der Waals surface area (Å²) in [6.45, 7) is 7.37. The van der Waals surface area contributed by atoms with Gasteiger partial charge in [-0.1, -0.05) is 18.2 Å². The Bertz CT molecular complexity index is 1260. The van der Waals surface area contributed by atoms with Gasteiger partial charge in [-0.3, -0.25) is 19.2 Å². The molecule has 0 aromatic carbocycles. The van der Waals surface area contributed by atoms with Gasteiger partial charge in [0, 0.05) is 36.8 Å². The first-order valence-corrected chi connectivity index (χ1v) is 12.5. The van der Waals surface area contributed by atoms with Crippen LogP contribution in [0.15, 0.2) is 45.9 Å². The first-order chi connectivity index (χ1) is 18.1. The van der Waals surface area contributed by atoms with Crippen molar-refractivity contribution in [3.8, 4) is 0 Å². The second-order valence-electron chi connectivity index (χ2n) is 9.31. The average Bonchev–Trinajstić information content (AvgIpc) is 3.47. The fourth-order valence-corrected chi connectivity index (χ4v) is 4.13. The number of ether oxygens (including phenoxy) is 1. The molecule has 0 aliphatic carbocycles. The van der Waals surface area contributed by atoms with Gasteiger partial charge < -0.3 is 29.8 Å². The fraction of sp³-hybridized carbons (Fsp3) is 0.462. The molecule has 0 spiro atoms. The van der Waals surface area contributed by atoms with E-state index in [2.05, 4.69) is 21.1 Å². The number of rotatable bonds is 11. The quantitative estimate of drug-likeness (QED) is 0.295. The van der Waals surface area contributed by atoms with E-state index in [1.165, 1.54) is 35.0 Å². The minimum Gasteiger partial charge on any atom is -0.460 e. The van der Waals surface area contributed by atoms with Crippen molar-refractivity contribution >= 4 is 29.4 Å². The number of nitrogens with zero attached hydrogens (tertiary/aromatic N) is 2. The number of carbonyl (C=O) groups excluding carboxylic acids is 4. The summed E-state index contributed by atoms with van der Waals surface area (Å²) in [5, 5.41) is 11.8. The molecule has 3 rings (SSSR count). The van der Waals surface area contributed by atoms with Crippen LogP contribution in [-0.2, 0) is 19.1 Å². The van der Waals surface area contributed by atoms with Gasteiger partial charge in [0.25, 0.3) is 11.5 Å². The van der Waals surface area contributed by atoms with Crippen LogP contribution in [0.25, 0.3) is 0 Å². The molecule has 38 heavy (non-hydrogen) atoms. The molecular formula is C26H33N5O7. The maximum absolute atomic E-state index is 13.3. The van der Waals surface area contributed by atoms with Crippen molar-refractivity contribution in [3.05, 3.63) is 58.4 Å². The molecule has 3 amide bonds. The van der Waals surface area contributed by atoms with Crippen molar-refractivity contribution in [1.82, 2.24) is 20.4 Å². The van der Waals surface area contributed by atoms with E-state index in [1.807, 2.05) is 0 Å². The number of aryl methyl sites for hydroxylation is 1. The minimum atomic E-state index is -0.912. The summed E-state index contributed by atoms with van der Waals surface area (Å²) in [7, 11) is 0. The van der Waals surface area contributed by atoms with E-state index in [4.69, 9.17) is 9.26 Å². The standard InChI is InChI=1S/C26H33N5O7/c1-5-21(31-12-6-7-19(26(31)36)29-24(34)20-13-16(4)38-30-20)25(35)28-18(8-9-22(32)37-15(2)3)14-17-10-11-27-23(17)33/h6-9,12-13,15,17-18,21H,5,10-11,14H2,1-4H3,(H,27,33)(H,28,35)(H,29,34)/b9-8+/t17-,18+,21+/m0/s1. The zero-order valence-corrected chi connectivity index (χ0v) is 21.9. The van der Waals surface area contributed by atoms with Crippen LogP contribution in [0.5, 0.6) is 0 Å². The predicted octanol–water partition coefficient (Wildman–Crippen LogP) is 1.87. The van der Waals surface area contributed by atoms with Gasteiger partial charge in [0.1, 0.15) is 17.5 Å². The maximum Gasteiger partial charge on any atom is 0.330 e. The van der Waals surface area contributed by atoms with Gasteiger partial charge in [0.15, 0.2) is 5.69 Å². The van der Waals surface area contributed by atoms with Crippen molar-refractivity contribution in [2.45, 2.75) is 65.1 Å². The van der Waals surface area contributed by atoms with Crippen LogP contribution in [0.3, 0.4) is 0 Å². The van der Waals surface area contributed by atoms with E-state index in [0.29, 0.717) is 18.7 Å². The molecule has 1 fully saturated rings. The number of carbonyl (C=O) groups is 4. The topological polar surface area (TPSA) is 162 Å². The van der Waals surface area contributed by atoms with E-state index in [9.17, 15) is 24.0 Å². The van der Waals surface area contributed by atoms with Gasteiger partial charge in [0.05, 0.1) is 6.10 Å². The zero-order valence-electron chi connectivity index (χ0n) is 21.9. The Kier molecular flexibility index (Phi) is 9.58. The molecule has 0 radical (unpaired) electrons. The summed E-state index contributed by atoms with van der Waals surface area (Å²) in [6, 6.07) is 2.85. The fourth-order valence-electron chi connectivity index (χ4n) is 4.13. The summed E-state index contributed by atoms with van der Waals surface area (Å²) < 4.78 is 11.3. The summed E-state index contributed by atoms with van der Waals surface area (Å²) in [4.78, 5) is 63.1. The van der Waals surface area contributed by atoms with E-state index < -0.39 is 35.4 Å². The number of hydrogen-bond acceptors (Lipinski definition) is 8. The van der Waals surface area contributed by atoms with Crippen LogP contribution in [-0.4, -0.2) is 52.1 Å². The van der Waals surface area contributed by atoms with Crippen LogP contribution in [0.4, 0.5) is 5.69 Å². The highest BCUT2D eigenvalue weighted by Gasteiger charge is 2.29. The third-order valence-electron chi connectivity index (χ3n) is 5.95. The highest BCUT2D eigenvalue weighted by molar-refractivity contribution is 6.02. The Morgan fingerprint density at radius 3 is 2.68 bits per heavy atom. The summed E-state index contributed by atoms with van der Waals surface area (Å²) in [5.74, 6) is -1.66. The second-order valence-corrected chi connectivity index (χ2v) is 9.31. The molecule has 3 atom stereocenters. The molecule has 12 nitrogen and oxygen atoms in total. The van der Waals surface area contributed by atoms with Crippen LogP contribution in [0.1, 0.15) is 62.3 Å². The minimum absolute atomic E-state index is 0.0173. The average molecular weight is 528 g/mol. The Hall–Kier alpha value is -4.22. The molecule has 204 valence electrons. The van der Waals surface area contributed by atoms with Crippen LogP contribution >= 0.6 is 0 Å². The number of esters is 1. The predicted molar refractivity (Wildman–Crippen MR) is 137 cm³/mol. The molecule has 12 heteroatoms. The number of nitrogens with one attached hydrogen (secondary N) is 3. The molecule has 3 N–H and O–H groups in total. The number of amides is 3. The lowest BCUT2D eigenvalue weighted by Crippen LogP contribution is -2.43. The Morgan fingerprint density at radius 1 is 1.32 bits per heavy atom. The summed E-state index contributed by atoms with van der Waals surface area (Å²) >= 11 is 0. The highest BCUT2D eigenvalue weighted by Crippen LogP contribution is 2.19. The lowest BCUT2D eigenvalue weighted by atomic mass is 9.97. The molecule has 0 saturated carbocycles. The number of pyridine rings is 1. The SMILES string of the molecule is CC[C@H](C(=O)N[C@H](/C=C/C(=O)OC(C)C)C[C@@H]1CCNC1=O)n1cccc(NC(=O)c2cc(C)on2)c1=O. The van der Waals surface area contributed by atoms with Crippen molar-refractivity contribution < 1.29 is 28.4 Å². The number of anilines is 1. The normalized spacial score (nSPS) is 16.8. The van der Waals surface area contributed by atoms with Crippen LogP contribution < -0.4 is 21.5 Å². The summed E-state index contributed by atoms with van der Waals surface area (Å²) in [5.41, 5.74) is -0.589. The van der Waals surface area contributed by atoms with Crippen molar-refractivity contribution in [2.24, 2.45) is 5.92 Å². The molecule has 0 bridgehead atoms. The van der Waals surface area contributed by atoms with Gasteiger partial charge in [-0.2, -0.15) is 0 Å². The maximum atomic E-state index is 13.3. The van der Waals surface area contributed by atoms with E-state index in [0.717, 1.165) is 0 Å². The van der Waals surface area contributed by atoms with Gasteiger partial charge in [-0.05, 0) is 52.2 Å². The largest absolute Gasteiger partial charge is 0.460 e. The first kappa shape index (κ1) is 28.4. The zero-order chi connectivity index (χ0) is 27.8. The van der Waals surface area contributed by atoms with Crippen molar-refractivity contribution in [3.63, 3.8) is 0 Å². The third-order valence-corrected chi connectivity index (χ3v) is 5.95. The van der Waals surface area contributed by atoms with Crippen molar-refractivity contribution in [2.75, 3.05) is 11.9 Å². The highest BCUT2D eigenvalue weighted by atomic mass is 16.5. The van der Waals surface area contributed by atoms with E-state index in [1.54, 1.807) is 33.8 Å². The van der Waals surface area contributed by atoms with Crippen LogP contribution in [0, 0.1) is 12.8 Å². The lowest BCUT2D eigenvalue weighted by molar-refractivity contribution is -0.141. The molecule has 1 aliphatic heterocycles. The smallest absolute Gasteiger partial charge is 0.330 e. The molecule has 2 aromatic rings. The molecule has 0 unspecified atom stereocenters. The summed E-state index contributed by atoms with van der Waals surface area (Å²) in [6.07, 6.45) is 5.04. The number of aromatic nitrogens is 2. The third kappa shape index (κ3) is 7.40. The number of hydrogen-bond donors (Lipinski definition) is 3. The molecular weight excluding hydrogens is 494 g/mol. The van der Waals surface area contributed by atoms with E-state index >= 15 is 0 Å². The van der Waals surface area contributed by atoms with Gasteiger partial charge in [-0.15, -0.1) is 0 Å². The Labute approximate surface area is 219 Å². The van der Waals surface area contributed by atoms with Crippen LogP contribution in [0.2, 0.25) is 0 Å². The van der Waals surface area contributed by atoms with Gasteiger partial charge >= 0.3 is 5.97 Å². The Morgan fingerprint density at radius 2 is 2.08 bits per heavy atom. The van der Waals surface area contributed by atoms with E-state index in [-0.39, 0.29) is 42.2 Å². The van der Waals surface area contributed by atoms with Crippen molar-refractivity contribution in [1.29, 1.82) is 0 Å². The molecule has 3 heterocycles. The lowest BCUT2D eigenvalue weighted by Gasteiger charge is -2.23. The molecule has 2 aromatic heterocycles. The first-order valence-electron chi connectivity index (χ1n) is 12.5. The second kappa shape index (κ2) is 12.8. The van der Waals surface area contributed by atoms with Gasteiger partial charge in [0.2, 0.25) is 11.8 Å². The Balaban J connectivity index is 1.79.